The number of hydrogen-bond acceptors (Lipinski definition) is 3. The Hall–Kier alpha value is -3.17. The van der Waals surface area contributed by atoms with E-state index in [9.17, 15) is 9.90 Å². The minimum Gasteiger partial charge on any atom is -0.465 e. The highest BCUT2D eigenvalue weighted by molar-refractivity contribution is 6.13. The predicted molar refractivity (Wildman–Crippen MR) is 104 cm³/mol. The van der Waals surface area contributed by atoms with Crippen molar-refractivity contribution in [2.45, 2.75) is 6.61 Å². The molecule has 1 N–H and O–H groups in total. The van der Waals surface area contributed by atoms with Crippen molar-refractivity contribution in [2.75, 3.05) is 7.11 Å². The Morgan fingerprint density at radius 3 is 2.00 bits per heavy atom. The summed E-state index contributed by atoms with van der Waals surface area (Å²) in [4.78, 5) is 12.5. The van der Waals surface area contributed by atoms with Gasteiger partial charge in [0, 0.05) is 5.56 Å². The zero-order chi connectivity index (χ0) is 18.1. The number of carbonyl (C=O) groups is 1. The van der Waals surface area contributed by atoms with Crippen molar-refractivity contribution in [3.8, 4) is 11.1 Å². The topological polar surface area (TPSA) is 46.5 Å². The number of ether oxygens (including phenoxy) is 1. The molecule has 0 aliphatic rings. The Morgan fingerprint density at radius 2 is 1.38 bits per heavy atom. The number of carbonyl (C=O) groups excluding carboxylic acids is 1. The number of aliphatic hydroxyl groups is 1. The van der Waals surface area contributed by atoms with Gasteiger partial charge in [-0.05, 0) is 38.7 Å². The molecule has 0 aliphatic heterocycles. The first-order valence-electron chi connectivity index (χ1n) is 8.46. The minimum absolute atomic E-state index is 0.107. The Labute approximate surface area is 151 Å². The molecule has 4 aromatic rings. The van der Waals surface area contributed by atoms with Crippen LogP contribution in [0, 0.1) is 0 Å². The highest BCUT2D eigenvalue weighted by Gasteiger charge is 2.20. The fourth-order valence-corrected chi connectivity index (χ4v) is 3.56. The van der Waals surface area contributed by atoms with E-state index in [2.05, 4.69) is 0 Å². The van der Waals surface area contributed by atoms with Gasteiger partial charge in [0.15, 0.2) is 0 Å². The summed E-state index contributed by atoms with van der Waals surface area (Å²) in [6.07, 6.45) is 0. The Morgan fingerprint density at radius 1 is 0.808 bits per heavy atom. The van der Waals surface area contributed by atoms with Crippen molar-refractivity contribution >= 4 is 27.5 Å². The zero-order valence-electron chi connectivity index (χ0n) is 14.4. The lowest BCUT2D eigenvalue weighted by molar-refractivity contribution is 0.0602. The molecule has 128 valence electrons. The summed E-state index contributed by atoms with van der Waals surface area (Å²) in [5, 5.41) is 14.0. The summed E-state index contributed by atoms with van der Waals surface area (Å²) in [5.41, 5.74) is 2.96. The molecule has 0 unspecified atom stereocenters. The first kappa shape index (κ1) is 16.3. The summed E-state index contributed by atoms with van der Waals surface area (Å²) < 4.78 is 5.03. The van der Waals surface area contributed by atoms with Crippen molar-refractivity contribution in [2.24, 2.45) is 0 Å². The van der Waals surface area contributed by atoms with Crippen LogP contribution in [0.15, 0.2) is 72.8 Å². The maximum absolute atomic E-state index is 12.5. The second-order valence-electron chi connectivity index (χ2n) is 6.18. The highest BCUT2D eigenvalue weighted by Crippen LogP contribution is 2.39. The van der Waals surface area contributed by atoms with E-state index in [0.717, 1.165) is 38.2 Å². The molecule has 0 spiro atoms. The van der Waals surface area contributed by atoms with Crippen LogP contribution >= 0.6 is 0 Å². The second-order valence-corrected chi connectivity index (χ2v) is 6.18. The van der Waals surface area contributed by atoms with Gasteiger partial charge in [-0.2, -0.15) is 0 Å². The third-order valence-electron chi connectivity index (χ3n) is 4.77. The molecule has 26 heavy (non-hydrogen) atoms. The summed E-state index contributed by atoms with van der Waals surface area (Å²) >= 11 is 0. The Kier molecular flexibility index (Phi) is 4.15. The van der Waals surface area contributed by atoms with Crippen LogP contribution in [0.4, 0.5) is 0 Å². The summed E-state index contributed by atoms with van der Waals surface area (Å²) in [7, 11) is 1.39. The normalized spacial score (nSPS) is 11.0. The van der Waals surface area contributed by atoms with Crippen LogP contribution in [-0.4, -0.2) is 18.2 Å². The molecular formula is C23H18O3. The molecule has 0 saturated carbocycles. The first-order valence-corrected chi connectivity index (χ1v) is 8.46. The van der Waals surface area contributed by atoms with Gasteiger partial charge in [-0.3, -0.25) is 0 Å². The number of esters is 1. The molecule has 0 fully saturated rings. The van der Waals surface area contributed by atoms with Crippen molar-refractivity contribution in [3.05, 3.63) is 83.9 Å². The quantitative estimate of drug-likeness (QED) is 0.537. The third-order valence-corrected chi connectivity index (χ3v) is 4.77. The monoisotopic (exact) mass is 342 g/mol. The SMILES string of the molecule is COC(=O)c1ccc2ccccc2c1-c1c(CO)ccc2ccccc12. The van der Waals surface area contributed by atoms with Crippen LogP contribution in [0.25, 0.3) is 32.7 Å². The summed E-state index contributed by atoms with van der Waals surface area (Å²) in [5.74, 6) is -0.387. The number of hydrogen-bond donors (Lipinski definition) is 1. The third kappa shape index (κ3) is 2.54. The van der Waals surface area contributed by atoms with Gasteiger partial charge in [0.05, 0.1) is 19.3 Å². The van der Waals surface area contributed by atoms with Crippen molar-refractivity contribution in [3.63, 3.8) is 0 Å². The van der Waals surface area contributed by atoms with Crippen LogP contribution < -0.4 is 0 Å². The van der Waals surface area contributed by atoms with Crippen LogP contribution in [-0.2, 0) is 11.3 Å². The van der Waals surface area contributed by atoms with Gasteiger partial charge in [0.1, 0.15) is 0 Å². The fraction of sp³-hybridized carbons (Fsp3) is 0.0870. The Balaban J connectivity index is 2.21. The number of aliphatic hydroxyl groups excluding tert-OH is 1. The van der Waals surface area contributed by atoms with Gasteiger partial charge in [-0.1, -0.05) is 66.7 Å². The number of fused-ring (bicyclic) bond motifs is 2. The molecule has 4 aromatic carbocycles. The molecule has 4 rings (SSSR count). The van der Waals surface area contributed by atoms with E-state index in [1.54, 1.807) is 6.07 Å². The van der Waals surface area contributed by atoms with E-state index in [4.69, 9.17) is 4.74 Å². The van der Waals surface area contributed by atoms with E-state index in [-0.39, 0.29) is 12.6 Å². The van der Waals surface area contributed by atoms with Gasteiger partial charge >= 0.3 is 5.97 Å². The average Bonchev–Trinajstić information content (AvgIpc) is 2.71. The van der Waals surface area contributed by atoms with Crippen LogP contribution in [0.2, 0.25) is 0 Å². The molecule has 0 saturated heterocycles. The van der Waals surface area contributed by atoms with E-state index < -0.39 is 0 Å². The average molecular weight is 342 g/mol. The van der Waals surface area contributed by atoms with E-state index in [1.807, 2.05) is 66.7 Å². The fourth-order valence-electron chi connectivity index (χ4n) is 3.56. The van der Waals surface area contributed by atoms with E-state index in [1.165, 1.54) is 7.11 Å². The molecule has 0 radical (unpaired) electrons. The lowest BCUT2D eigenvalue weighted by Crippen LogP contribution is -2.05. The number of benzene rings is 4. The van der Waals surface area contributed by atoms with Crippen molar-refractivity contribution in [1.82, 2.24) is 0 Å². The second kappa shape index (κ2) is 6.62. The van der Waals surface area contributed by atoms with E-state index >= 15 is 0 Å². The smallest absolute Gasteiger partial charge is 0.338 e. The van der Waals surface area contributed by atoms with E-state index in [0.29, 0.717) is 5.56 Å². The van der Waals surface area contributed by atoms with Gasteiger partial charge in [0.25, 0.3) is 0 Å². The predicted octanol–water partition coefficient (Wildman–Crippen LogP) is 4.94. The standard InChI is InChI=1S/C23H18O3/c1-26-23(25)20-13-12-16-7-3-5-9-19(16)22(20)21-17(14-24)11-10-15-6-2-4-8-18(15)21/h2-13,24H,14H2,1H3. The van der Waals surface area contributed by atoms with Gasteiger partial charge in [0.2, 0.25) is 0 Å². The molecule has 0 aliphatic carbocycles. The minimum atomic E-state index is -0.387. The van der Waals surface area contributed by atoms with Crippen LogP contribution in [0.5, 0.6) is 0 Å². The van der Waals surface area contributed by atoms with Crippen LogP contribution in [0.3, 0.4) is 0 Å². The maximum atomic E-state index is 12.5. The zero-order valence-corrected chi connectivity index (χ0v) is 14.4. The molecule has 0 bridgehead atoms. The molecule has 3 nitrogen and oxygen atoms in total. The largest absolute Gasteiger partial charge is 0.465 e. The summed E-state index contributed by atoms with van der Waals surface area (Å²) in [6.45, 7) is -0.107. The number of methoxy groups -OCH3 is 1. The Bertz CT molecular complexity index is 1130. The molecular weight excluding hydrogens is 324 g/mol. The maximum Gasteiger partial charge on any atom is 0.338 e. The highest BCUT2D eigenvalue weighted by atomic mass is 16.5. The van der Waals surface area contributed by atoms with Gasteiger partial charge in [-0.15, -0.1) is 0 Å². The van der Waals surface area contributed by atoms with Crippen molar-refractivity contribution < 1.29 is 14.6 Å². The van der Waals surface area contributed by atoms with Crippen molar-refractivity contribution in [1.29, 1.82) is 0 Å². The molecule has 3 heteroatoms. The molecule has 0 amide bonds. The number of rotatable bonds is 3. The van der Waals surface area contributed by atoms with Gasteiger partial charge in [-0.25, -0.2) is 4.79 Å². The van der Waals surface area contributed by atoms with Crippen LogP contribution in [0.1, 0.15) is 15.9 Å². The lowest BCUT2D eigenvalue weighted by atomic mass is 9.87. The van der Waals surface area contributed by atoms with Gasteiger partial charge < -0.3 is 9.84 Å². The lowest BCUT2D eigenvalue weighted by Gasteiger charge is -2.17. The molecule has 0 aromatic heterocycles. The molecule has 0 atom stereocenters. The summed E-state index contributed by atoms with van der Waals surface area (Å²) in [6, 6.07) is 23.6. The molecule has 0 heterocycles. The first-order chi connectivity index (χ1) is 12.7.